The fraction of sp³-hybridized carbons (Fsp3) is 0.818. The number of hydrogen-bond acceptors (Lipinski definition) is 2. The Kier molecular flexibility index (Phi) is 3.43. The molecule has 0 amide bonds. The van der Waals surface area contributed by atoms with Crippen molar-refractivity contribution in [3.8, 4) is 0 Å². The molecule has 2 nitrogen and oxygen atoms in total. The lowest BCUT2D eigenvalue weighted by molar-refractivity contribution is -0.0251. The summed E-state index contributed by atoms with van der Waals surface area (Å²) in [7, 11) is -0.154. The van der Waals surface area contributed by atoms with Gasteiger partial charge in [0.15, 0.2) is 0 Å². The molecule has 14 heavy (non-hydrogen) atoms. The molecule has 1 heterocycles. The quantitative estimate of drug-likeness (QED) is 0.600. The maximum Gasteiger partial charge on any atom is 0.489 e. The van der Waals surface area contributed by atoms with Gasteiger partial charge in [-0.25, -0.2) is 0 Å². The molecule has 80 valence electrons. The van der Waals surface area contributed by atoms with Crippen LogP contribution < -0.4 is 0 Å². The standard InChI is InChI=1S/C11H21BO2/c1-8(2)10(4)12-13-9(3)7-11(5,6)14-12/h9H,7H2,1-6H3/t9-/m1/s1. The summed E-state index contributed by atoms with van der Waals surface area (Å²) in [5.74, 6) is 0. The van der Waals surface area contributed by atoms with Crippen LogP contribution in [0.25, 0.3) is 0 Å². The van der Waals surface area contributed by atoms with Gasteiger partial charge in [0, 0.05) is 6.10 Å². The molecule has 3 heteroatoms. The van der Waals surface area contributed by atoms with Crippen LogP contribution in [0.5, 0.6) is 0 Å². The fourth-order valence-corrected chi connectivity index (χ4v) is 1.74. The van der Waals surface area contributed by atoms with E-state index >= 15 is 0 Å². The van der Waals surface area contributed by atoms with E-state index < -0.39 is 0 Å². The van der Waals surface area contributed by atoms with Crippen molar-refractivity contribution in [1.82, 2.24) is 0 Å². The van der Waals surface area contributed by atoms with E-state index in [0.717, 1.165) is 6.42 Å². The summed E-state index contributed by atoms with van der Waals surface area (Å²) in [6.45, 7) is 12.6. The van der Waals surface area contributed by atoms with Gasteiger partial charge in [0.25, 0.3) is 0 Å². The lowest BCUT2D eigenvalue weighted by atomic mass is 9.73. The molecule has 1 saturated heterocycles. The molecule has 0 radical (unpaired) electrons. The maximum atomic E-state index is 5.89. The second-order valence-electron chi connectivity index (χ2n) is 5.04. The highest BCUT2D eigenvalue weighted by molar-refractivity contribution is 6.54. The summed E-state index contributed by atoms with van der Waals surface area (Å²) < 4.78 is 11.7. The van der Waals surface area contributed by atoms with Gasteiger partial charge in [-0.3, -0.25) is 0 Å². The molecule has 1 aliphatic rings. The molecule has 0 aromatic rings. The zero-order valence-electron chi connectivity index (χ0n) is 10.2. The highest BCUT2D eigenvalue weighted by Crippen LogP contribution is 2.28. The molecule has 0 saturated carbocycles. The Morgan fingerprint density at radius 2 is 1.86 bits per heavy atom. The van der Waals surface area contributed by atoms with E-state index in [4.69, 9.17) is 9.31 Å². The van der Waals surface area contributed by atoms with Crippen molar-refractivity contribution in [2.75, 3.05) is 0 Å². The zero-order chi connectivity index (χ0) is 10.9. The van der Waals surface area contributed by atoms with Gasteiger partial charge in [0.2, 0.25) is 0 Å². The van der Waals surface area contributed by atoms with Crippen molar-refractivity contribution in [2.24, 2.45) is 0 Å². The third-order valence-corrected chi connectivity index (χ3v) is 2.70. The van der Waals surface area contributed by atoms with Gasteiger partial charge in [0.1, 0.15) is 0 Å². The van der Waals surface area contributed by atoms with E-state index in [1.807, 2.05) is 0 Å². The molecule has 1 rings (SSSR count). The van der Waals surface area contributed by atoms with Gasteiger partial charge in [-0.2, -0.15) is 0 Å². The first-order valence-electron chi connectivity index (χ1n) is 5.29. The summed E-state index contributed by atoms with van der Waals surface area (Å²) in [4.78, 5) is 0. The lowest BCUT2D eigenvalue weighted by Gasteiger charge is -2.38. The van der Waals surface area contributed by atoms with Crippen LogP contribution in [0.4, 0.5) is 0 Å². The molecular weight excluding hydrogens is 175 g/mol. The van der Waals surface area contributed by atoms with Crippen molar-refractivity contribution in [1.29, 1.82) is 0 Å². The Morgan fingerprint density at radius 3 is 2.29 bits per heavy atom. The van der Waals surface area contributed by atoms with Crippen molar-refractivity contribution < 1.29 is 9.31 Å². The van der Waals surface area contributed by atoms with Crippen LogP contribution in [0.15, 0.2) is 11.0 Å². The Balaban J connectivity index is 2.77. The topological polar surface area (TPSA) is 18.5 Å². The van der Waals surface area contributed by atoms with Crippen molar-refractivity contribution >= 4 is 7.12 Å². The molecular formula is C11H21BO2. The average molecular weight is 196 g/mol. The third kappa shape index (κ3) is 2.86. The molecule has 0 unspecified atom stereocenters. The van der Waals surface area contributed by atoms with Crippen LogP contribution in [-0.4, -0.2) is 18.8 Å². The second kappa shape index (κ2) is 4.07. The van der Waals surface area contributed by atoms with E-state index in [-0.39, 0.29) is 18.8 Å². The van der Waals surface area contributed by atoms with Crippen LogP contribution >= 0.6 is 0 Å². The number of allylic oxidation sites excluding steroid dienone is 2. The van der Waals surface area contributed by atoms with Crippen molar-refractivity contribution in [3.63, 3.8) is 0 Å². The monoisotopic (exact) mass is 196 g/mol. The summed E-state index contributed by atoms with van der Waals surface area (Å²) in [5.41, 5.74) is 2.41. The molecule has 0 aromatic carbocycles. The Bertz CT molecular complexity index is 242. The minimum Gasteiger partial charge on any atom is -0.405 e. The highest BCUT2D eigenvalue weighted by Gasteiger charge is 2.38. The smallest absolute Gasteiger partial charge is 0.405 e. The Hall–Kier alpha value is -0.275. The summed E-state index contributed by atoms with van der Waals surface area (Å²) >= 11 is 0. The van der Waals surface area contributed by atoms with E-state index in [0.29, 0.717) is 0 Å². The van der Waals surface area contributed by atoms with Gasteiger partial charge in [-0.1, -0.05) is 5.57 Å². The normalized spacial score (nSPS) is 26.1. The van der Waals surface area contributed by atoms with Crippen LogP contribution in [0.1, 0.15) is 48.0 Å². The van der Waals surface area contributed by atoms with E-state index in [1.54, 1.807) is 0 Å². The van der Waals surface area contributed by atoms with Crippen molar-refractivity contribution in [2.45, 2.75) is 59.7 Å². The molecule has 1 atom stereocenters. The van der Waals surface area contributed by atoms with Crippen molar-refractivity contribution in [3.05, 3.63) is 11.0 Å². The number of hydrogen-bond donors (Lipinski definition) is 0. The van der Waals surface area contributed by atoms with E-state index in [9.17, 15) is 0 Å². The fourth-order valence-electron chi connectivity index (χ4n) is 1.74. The van der Waals surface area contributed by atoms with Gasteiger partial charge >= 0.3 is 7.12 Å². The van der Waals surface area contributed by atoms with Gasteiger partial charge < -0.3 is 9.31 Å². The largest absolute Gasteiger partial charge is 0.489 e. The Labute approximate surface area is 87.8 Å². The van der Waals surface area contributed by atoms with Crippen LogP contribution in [-0.2, 0) is 9.31 Å². The van der Waals surface area contributed by atoms with Gasteiger partial charge in [0.05, 0.1) is 5.60 Å². The third-order valence-electron chi connectivity index (χ3n) is 2.70. The molecule has 0 aromatic heterocycles. The van der Waals surface area contributed by atoms with E-state index in [2.05, 4.69) is 41.5 Å². The highest BCUT2D eigenvalue weighted by atomic mass is 16.6. The molecule has 0 aliphatic carbocycles. The SMILES string of the molecule is CC(C)=C(C)B1O[C@H](C)CC(C)(C)O1. The van der Waals surface area contributed by atoms with E-state index in [1.165, 1.54) is 11.0 Å². The van der Waals surface area contributed by atoms with Crippen LogP contribution in [0, 0.1) is 0 Å². The summed E-state index contributed by atoms with van der Waals surface area (Å²) in [5, 5.41) is 0. The minimum absolute atomic E-state index is 0.0704. The first-order valence-corrected chi connectivity index (χ1v) is 5.29. The molecule has 0 spiro atoms. The maximum absolute atomic E-state index is 5.89. The predicted molar refractivity (Wildman–Crippen MR) is 60.1 cm³/mol. The minimum atomic E-state index is -0.154. The lowest BCUT2D eigenvalue weighted by Crippen LogP contribution is -2.46. The first-order chi connectivity index (χ1) is 6.32. The second-order valence-corrected chi connectivity index (χ2v) is 5.04. The van der Waals surface area contributed by atoms with Gasteiger partial charge in [-0.15, -0.1) is 0 Å². The summed E-state index contributed by atoms with van der Waals surface area (Å²) in [6.07, 6.45) is 1.23. The predicted octanol–water partition coefficient (Wildman–Crippen LogP) is 2.97. The molecule has 1 aliphatic heterocycles. The molecule has 1 fully saturated rings. The first kappa shape index (κ1) is 11.8. The molecule has 0 bridgehead atoms. The summed E-state index contributed by atoms with van der Waals surface area (Å²) in [6, 6.07) is 0. The molecule has 0 N–H and O–H groups in total. The van der Waals surface area contributed by atoms with Crippen LogP contribution in [0.3, 0.4) is 0 Å². The van der Waals surface area contributed by atoms with Gasteiger partial charge in [-0.05, 0) is 53.4 Å². The number of rotatable bonds is 1. The van der Waals surface area contributed by atoms with Crippen LogP contribution in [0.2, 0.25) is 0 Å². The Morgan fingerprint density at radius 1 is 1.29 bits per heavy atom. The average Bonchev–Trinajstić information content (AvgIpc) is 1.98. The zero-order valence-corrected chi connectivity index (χ0v) is 10.2.